The standard InChI is InChI=1S/C19H24N2O9/c1-28-15-10-12(18(23)20-8-4-3-6-13(20)19(24)25)14(21(26)27)11-16(15)30-9-5-7-17(22)29-2/h10-11,13H,3-9H2,1-2H3,(H,24,25). The number of likely N-dealkylation sites (tertiary alicyclic amines) is 1. The Bertz CT molecular complexity index is 824. The summed E-state index contributed by atoms with van der Waals surface area (Å²) in [5.74, 6) is -2.18. The first-order valence-electron chi connectivity index (χ1n) is 9.40. The van der Waals surface area contributed by atoms with Crippen LogP contribution in [0, 0.1) is 10.1 Å². The van der Waals surface area contributed by atoms with Crippen LogP contribution in [0.1, 0.15) is 42.5 Å². The number of methoxy groups -OCH3 is 2. The summed E-state index contributed by atoms with van der Waals surface area (Å²) in [6.45, 7) is 0.268. The Morgan fingerprint density at radius 3 is 2.57 bits per heavy atom. The molecular weight excluding hydrogens is 400 g/mol. The van der Waals surface area contributed by atoms with Crippen molar-refractivity contribution < 1.29 is 38.6 Å². The molecule has 0 radical (unpaired) electrons. The van der Waals surface area contributed by atoms with Crippen LogP contribution < -0.4 is 9.47 Å². The zero-order valence-corrected chi connectivity index (χ0v) is 16.8. The van der Waals surface area contributed by atoms with E-state index in [1.165, 1.54) is 20.3 Å². The number of amides is 1. The SMILES string of the molecule is COC(=O)CCCOc1cc([N+](=O)[O-])c(C(=O)N2CCCCC2C(=O)O)cc1OC. The van der Waals surface area contributed by atoms with E-state index in [0.29, 0.717) is 19.3 Å². The zero-order chi connectivity index (χ0) is 22.3. The van der Waals surface area contributed by atoms with Crippen LogP contribution in [0.3, 0.4) is 0 Å². The van der Waals surface area contributed by atoms with Crippen molar-refractivity contribution in [2.75, 3.05) is 27.4 Å². The molecule has 1 fully saturated rings. The predicted octanol–water partition coefficient (Wildman–Crippen LogP) is 2.01. The summed E-state index contributed by atoms with van der Waals surface area (Å²) in [5, 5.41) is 21.0. The maximum atomic E-state index is 13.0. The summed E-state index contributed by atoms with van der Waals surface area (Å²) in [6, 6.07) is 1.22. The molecule has 0 aliphatic carbocycles. The lowest BCUT2D eigenvalue weighted by atomic mass is 10.00. The highest BCUT2D eigenvalue weighted by molar-refractivity contribution is 6.01. The number of nitrogens with zero attached hydrogens (tertiary/aromatic N) is 2. The van der Waals surface area contributed by atoms with Crippen LogP contribution in [0.5, 0.6) is 11.5 Å². The van der Waals surface area contributed by atoms with Gasteiger partial charge in [-0.15, -0.1) is 0 Å². The van der Waals surface area contributed by atoms with Gasteiger partial charge in [0.1, 0.15) is 11.6 Å². The van der Waals surface area contributed by atoms with E-state index in [1.807, 2.05) is 0 Å². The minimum Gasteiger partial charge on any atom is -0.493 e. The molecule has 164 valence electrons. The second kappa shape index (κ2) is 10.4. The Morgan fingerprint density at radius 2 is 1.97 bits per heavy atom. The summed E-state index contributed by atoms with van der Waals surface area (Å²) in [4.78, 5) is 47.7. The number of benzene rings is 1. The number of esters is 1. The van der Waals surface area contributed by atoms with Crippen molar-refractivity contribution in [2.45, 2.75) is 38.1 Å². The Labute approximate surface area is 172 Å². The van der Waals surface area contributed by atoms with E-state index in [0.717, 1.165) is 11.0 Å². The number of carbonyl (C=O) groups excluding carboxylic acids is 2. The quantitative estimate of drug-likeness (QED) is 0.272. The summed E-state index contributed by atoms with van der Waals surface area (Å²) in [6.07, 6.45) is 1.99. The van der Waals surface area contributed by atoms with E-state index < -0.39 is 34.5 Å². The minimum absolute atomic E-state index is 0.0408. The van der Waals surface area contributed by atoms with Crippen LogP contribution in [0.15, 0.2) is 12.1 Å². The molecule has 0 bridgehead atoms. The normalized spacial score (nSPS) is 15.9. The van der Waals surface area contributed by atoms with Gasteiger partial charge in [-0.25, -0.2) is 4.79 Å². The minimum atomic E-state index is -1.15. The van der Waals surface area contributed by atoms with Gasteiger partial charge in [0.15, 0.2) is 11.5 Å². The number of rotatable bonds is 9. The molecule has 0 saturated carbocycles. The van der Waals surface area contributed by atoms with Crippen LogP contribution in [0.25, 0.3) is 0 Å². The molecule has 1 amide bonds. The molecule has 11 heteroatoms. The van der Waals surface area contributed by atoms with E-state index in [-0.39, 0.29) is 43.1 Å². The average Bonchev–Trinajstić information content (AvgIpc) is 2.75. The van der Waals surface area contributed by atoms with Gasteiger partial charge in [-0.05, 0) is 25.7 Å². The molecule has 0 spiro atoms. The molecule has 1 aromatic rings. The first kappa shape index (κ1) is 22.9. The highest BCUT2D eigenvalue weighted by Crippen LogP contribution is 2.36. The van der Waals surface area contributed by atoms with Crippen molar-refractivity contribution in [1.29, 1.82) is 0 Å². The summed E-state index contributed by atoms with van der Waals surface area (Å²) < 4.78 is 15.2. The number of carboxylic acid groups (broad SMARTS) is 1. The predicted molar refractivity (Wildman–Crippen MR) is 103 cm³/mol. The molecule has 1 heterocycles. The van der Waals surface area contributed by atoms with Gasteiger partial charge in [-0.3, -0.25) is 19.7 Å². The van der Waals surface area contributed by atoms with E-state index in [2.05, 4.69) is 4.74 Å². The van der Waals surface area contributed by atoms with E-state index in [9.17, 15) is 29.6 Å². The average molecular weight is 424 g/mol. The van der Waals surface area contributed by atoms with Crippen LogP contribution >= 0.6 is 0 Å². The third-order valence-corrected chi connectivity index (χ3v) is 4.77. The van der Waals surface area contributed by atoms with E-state index >= 15 is 0 Å². The first-order valence-corrected chi connectivity index (χ1v) is 9.40. The highest BCUT2D eigenvalue weighted by Gasteiger charge is 2.36. The number of hydrogen-bond donors (Lipinski definition) is 1. The molecule has 11 nitrogen and oxygen atoms in total. The molecule has 2 rings (SSSR count). The van der Waals surface area contributed by atoms with Crippen molar-refractivity contribution in [3.05, 3.63) is 27.8 Å². The van der Waals surface area contributed by atoms with Gasteiger partial charge >= 0.3 is 11.9 Å². The molecule has 1 N–H and O–H groups in total. The van der Waals surface area contributed by atoms with Gasteiger partial charge in [0.2, 0.25) is 0 Å². The summed E-state index contributed by atoms with van der Waals surface area (Å²) in [5.41, 5.74) is -0.787. The fourth-order valence-electron chi connectivity index (χ4n) is 3.23. The van der Waals surface area contributed by atoms with Gasteiger partial charge in [0.25, 0.3) is 11.6 Å². The van der Waals surface area contributed by atoms with Gasteiger partial charge < -0.3 is 24.2 Å². The maximum Gasteiger partial charge on any atom is 0.326 e. The van der Waals surface area contributed by atoms with Crippen molar-refractivity contribution in [3.63, 3.8) is 0 Å². The van der Waals surface area contributed by atoms with E-state index in [4.69, 9.17) is 9.47 Å². The number of nitro benzene ring substituents is 1. The second-order valence-electron chi connectivity index (χ2n) is 6.65. The van der Waals surface area contributed by atoms with E-state index in [1.54, 1.807) is 0 Å². The van der Waals surface area contributed by atoms with Crippen LogP contribution in [0.4, 0.5) is 5.69 Å². The third kappa shape index (κ3) is 5.37. The lowest BCUT2D eigenvalue weighted by Crippen LogP contribution is -2.48. The van der Waals surface area contributed by atoms with Crippen molar-refractivity contribution in [1.82, 2.24) is 4.90 Å². The monoisotopic (exact) mass is 424 g/mol. The lowest BCUT2D eigenvalue weighted by molar-refractivity contribution is -0.385. The largest absolute Gasteiger partial charge is 0.493 e. The van der Waals surface area contributed by atoms with Crippen LogP contribution in [0.2, 0.25) is 0 Å². The molecule has 1 aliphatic heterocycles. The first-order chi connectivity index (χ1) is 14.3. The van der Waals surface area contributed by atoms with Crippen molar-refractivity contribution in [2.24, 2.45) is 0 Å². The molecule has 1 unspecified atom stereocenters. The highest BCUT2D eigenvalue weighted by atomic mass is 16.6. The third-order valence-electron chi connectivity index (χ3n) is 4.77. The number of nitro groups is 1. The molecule has 30 heavy (non-hydrogen) atoms. The number of carbonyl (C=O) groups is 3. The summed E-state index contributed by atoms with van der Waals surface area (Å²) in [7, 11) is 2.58. The molecular formula is C19H24N2O9. The fraction of sp³-hybridized carbons (Fsp3) is 0.526. The number of ether oxygens (including phenoxy) is 3. The molecule has 1 aromatic carbocycles. The Hall–Kier alpha value is -3.37. The van der Waals surface area contributed by atoms with Crippen molar-refractivity contribution >= 4 is 23.5 Å². The lowest BCUT2D eigenvalue weighted by Gasteiger charge is -2.33. The smallest absolute Gasteiger partial charge is 0.326 e. The topological polar surface area (TPSA) is 146 Å². The molecule has 1 atom stereocenters. The van der Waals surface area contributed by atoms with Crippen LogP contribution in [-0.4, -0.2) is 66.2 Å². The number of carboxylic acids is 1. The van der Waals surface area contributed by atoms with Gasteiger partial charge in [-0.1, -0.05) is 0 Å². The Morgan fingerprint density at radius 1 is 1.23 bits per heavy atom. The molecule has 1 aliphatic rings. The number of hydrogen-bond acceptors (Lipinski definition) is 8. The van der Waals surface area contributed by atoms with Crippen molar-refractivity contribution in [3.8, 4) is 11.5 Å². The fourth-order valence-corrected chi connectivity index (χ4v) is 3.23. The molecule has 1 saturated heterocycles. The zero-order valence-electron chi connectivity index (χ0n) is 16.8. The van der Waals surface area contributed by atoms with Crippen LogP contribution in [-0.2, 0) is 14.3 Å². The second-order valence-corrected chi connectivity index (χ2v) is 6.65. The van der Waals surface area contributed by atoms with Gasteiger partial charge in [0, 0.05) is 19.0 Å². The molecule has 0 aromatic heterocycles. The number of aliphatic carboxylic acids is 1. The maximum absolute atomic E-state index is 13.0. The van der Waals surface area contributed by atoms with Gasteiger partial charge in [-0.2, -0.15) is 0 Å². The Kier molecular flexibility index (Phi) is 7.96. The number of piperidine rings is 1. The van der Waals surface area contributed by atoms with Gasteiger partial charge in [0.05, 0.1) is 31.8 Å². The summed E-state index contributed by atoms with van der Waals surface area (Å²) >= 11 is 0. The Balaban J connectivity index is 2.31.